The van der Waals surface area contributed by atoms with Crippen LogP contribution in [0.15, 0.2) is 24.3 Å². The average Bonchev–Trinajstić information content (AvgIpc) is 2.91. The molecule has 0 bridgehead atoms. The van der Waals surface area contributed by atoms with Crippen molar-refractivity contribution in [2.45, 2.75) is 13.5 Å². The molecule has 1 aromatic carbocycles. The Balaban J connectivity index is 2.15. The molecule has 1 aliphatic carbocycles. The van der Waals surface area contributed by atoms with Crippen molar-refractivity contribution in [3.63, 3.8) is 0 Å². The topological polar surface area (TPSA) is 60.4 Å². The SMILES string of the molecule is COCc1ccc2c(c1)C(=O)c1sc(C(C)=O)cc1C2=O. The number of carbonyl (C=O) groups is 3. The molecule has 0 N–H and O–H groups in total. The van der Waals surface area contributed by atoms with Crippen LogP contribution >= 0.6 is 11.3 Å². The van der Waals surface area contributed by atoms with Crippen molar-refractivity contribution in [3.05, 3.63) is 56.3 Å². The van der Waals surface area contributed by atoms with Crippen LogP contribution in [0.5, 0.6) is 0 Å². The summed E-state index contributed by atoms with van der Waals surface area (Å²) in [6.45, 7) is 1.81. The van der Waals surface area contributed by atoms with Gasteiger partial charge in [-0.15, -0.1) is 11.3 Å². The Hall–Kier alpha value is -2.11. The van der Waals surface area contributed by atoms with E-state index in [1.54, 1.807) is 25.3 Å². The zero-order valence-corrected chi connectivity index (χ0v) is 12.4. The standard InChI is InChI=1S/C16H12O4S/c1-8(17)13-6-12-14(18)10-4-3-9(7-20-2)5-11(10)15(19)16(12)21-13/h3-6H,7H2,1-2H3. The zero-order chi connectivity index (χ0) is 15.1. The van der Waals surface area contributed by atoms with E-state index < -0.39 is 0 Å². The van der Waals surface area contributed by atoms with Crippen molar-refractivity contribution >= 4 is 28.7 Å². The third kappa shape index (κ3) is 2.14. The van der Waals surface area contributed by atoms with E-state index in [1.807, 2.05) is 0 Å². The number of thiophene rings is 1. The van der Waals surface area contributed by atoms with Crippen LogP contribution in [0.1, 0.15) is 53.3 Å². The molecule has 2 aromatic rings. The smallest absolute Gasteiger partial charge is 0.204 e. The van der Waals surface area contributed by atoms with Crippen molar-refractivity contribution in [3.8, 4) is 0 Å². The Morgan fingerprint density at radius 3 is 2.52 bits per heavy atom. The largest absolute Gasteiger partial charge is 0.380 e. The summed E-state index contributed by atoms with van der Waals surface area (Å²) in [6.07, 6.45) is 0. The van der Waals surface area contributed by atoms with Gasteiger partial charge >= 0.3 is 0 Å². The second-order valence-corrected chi connectivity index (χ2v) is 5.93. The quantitative estimate of drug-likeness (QED) is 0.698. The molecule has 0 radical (unpaired) electrons. The van der Waals surface area contributed by atoms with Crippen molar-refractivity contribution in [1.29, 1.82) is 0 Å². The molecule has 0 atom stereocenters. The Kier molecular flexibility index (Phi) is 3.31. The molecule has 3 rings (SSSR count). The van der Waals surface area contributed by atoms with Crippen molar-refractivity contribution in [1.82, 2.24) is 0 Å². The summed E-state index contributed by atoms with van der Waals surface area (Å²) in [6, 6.07) is 6.64. The van der Waals surface area contributed by atoms with Crippen molar-refractivity contribution < 1.29 is 19.1 Å². The van der Waals surface area contributed by atoms with E-state index in [9.17, 15) is 14.4 Å². The summed E-state index contributed by atoms with van der Waals surface area (Å²) >= 11 is 1.09. The van der Waals surface area contributed by atoms with Gasteiger partial charge in [0.1, 0.15) is 0 Å². The first-order valence-electron chi connectivity index (χ1n) is 6.39. The van der Waals surface area contributed by atoms with Gasteiger partial charge in [0, 0.05) is 23.8 Å². The molecule has 0 unspecified atom stereocenters. The number of ketones is 3. The highest BCUT2D eigenvalue weighted by Gasteiger charge is 2.32. The lowest BCUT2D eigenvalue weighted by atomic mass is 9.88. The van der Waals surface area contributed by atoms with Gasteiger partial charge in [-0.2, -0.15) is 0 Å². The van der Waals surface area contributed by atoms with Crippen LogP contribution in [0, 0.1) is 0 Å². The van der Waals surface area contributed by atoms with Gasteiger partial charge in [0.15, 0.2) is 11.6 Å². The summed E-state index contributed by atoms with van der Waals surface area (Å²) in [5, 5.41) is 0. The van der Waals surface area contributed by atoms with Crippen LogP contribution in [-0.4, -0.2) is 24.5 Å². The predicted octanol–water partition coefficient (Wildman–Crippen LogP) is 2.87. The number of methoxy groups -OCH3 is 1. The molecule has 0 fully saturated rings. The van der Waals surface area contributed by atoms with Gasteiger partial charge in [0.2, 0.25) is 5.78 Å². The molecule has 1 aliphatic rings. The van der Waals surface area contributed by atoms with Gasteiger partial charge in [0.25, 0.3) is 0 Å². The number of rotatable bonds is 3. The monoisotopic (exact) mass is 300 g/mol. The predicted molar refractivity (Wildman–Crippen MR) is 78.3 cm³/mol. The van der Waals surface area contributed by atoms with E-state index >= 15 is 0 Å². The van der Waals surface area contributed by atoms with Gasteiger partial charge in [-0.3, -0.25) is 14.4 Å². The molecule has 4 nitrogen and oxygen atoms in total. The molecular formula is C16H12O4S. The van der Waals surface area contributed by atoms with E-state index in [4.69, 9.17) is 4.74 Å². The first kappa shape index (κ1) is 13.9. The van der Waals surface area contributed by atoms with E-state index in [-0.39, 0.29) is 17.3 Å². The van der Waals surface area contributed by atoms with Gasteiger partial charge in [-0.05, 0) is 30.7 Å². The Bertz CT molecular complexity index is 786. The highest BCUT2D eigenvalue weighted by molar-refractivity contribution is 7.16. The molecule has 5 heteroatoms. The minimum absolute atomic E-state index is 0.140. The summed E-state index contributed by atoms with van der Waals surface area (Å²) in [5.74, 6) is -0.540. The van der Waals surface area contributed by atoms with Crippen LogP contribution in [-0.2, 0) is 11.3 Å². The molecule has 1 aromatic heterocycles. The van der Waals surface area contributed by atoms with E-state index in [0.29, 0.717) is 33.1 Å². The Morgan fingerprint density at radius 2 is 1.86 bits per heavy atom. The summed E-state index contributed by atoms with van der Waals surface area (Å²) < 4.78 is 5.05. The van der Waals surface area contributed by atoms with Crippen LogP contribution in [0.3, 0.4) is 0 Å². The highest BCUT2D eigenvalue weighted by Crippen LogP contribution is 2.34. The third-order valence-corrected chi connectivity index (χ3v) is 4.65. The molecule has 21 heavy (non-hydrogen) atoms. The lowest BCUT2D eigenvalue weighted by Gasteiger charge is -2.14. The lowest BCUT2D eigenvalue weighted by Crippen LogP contribution is -2.19. The third-order valence-electron chi connectivity index (χ3n) is 3.41. The van der Waals surface area contributed by atoms with Crippen LogP contribution in [0.2, 0.25) is 0 Å². The van der Waals surface area contributed by atoms with E-state index in [1.165, 1.54) is 13.0 Å². The molecule has 0 spiro atoms. The van der Waals surface area contributed by atoms with E-state index in [0.717, 1.165) is 16.9 Å². The Morgan fingerprint density at radius 1 is 1.10 bits per heavy atom. The maximum absolute atomic E-state index is 12.6. The second-order valence-electron chi connectivity index (χ2n) is 4.88. The van der Waals surface area contributed by atoms with Gasteiger partial charge in [0.05, 0.1) is 16.4 Å². The number of hydrogen-bond donors (Lipinski definition) is 0. The highest BCUT2D eigenvalue weighted by atomic mass is 32.1. The van der Waals surface area contributed by atoms with Crippen LogP contribution < -0.4 is 0 Å². The fraction of sp³-hybridized carbons (Fsp3) is 0.188. The summed E-state index contributed by atoms with van der Waals surface area (Å²) in [4.78, 5) is 37.3. The molecule has 0 amide bonds. The maximum Gasteiger partial charge on any atom is 0.204 e. The maximum atomic E-state index is 12.6. The minimum Gasteiger partial charge on any atom is -0.380 e. The van der Waals surface area contributed by atoms with Crippen LogP contribution in [0.25, 0.3) is 0 Å². The fourth-order valence-electron chi connectivity index (χ4n) is 2.40. The second kappa shape index (κ2) is 5.02. The zero-order valence-electron chi connectivity index (χ0n) is 11.6. The van der Waals surface area contributed by atoms with E-state index in [2.05, 4.69) is 0 Å². The number of hydrogen-bond acceptors (Lipinski definition) is 5. The van der Waals surface area contributed by atoms with Gasteiger partial charge in [-0.25, -0.2) is 0 Å². The van der Waals surface area contributed by atoms with Gasteiger partial charge < -0.3 is 4.74 Å². The molecule has 0 saturated heterocycles. The fourth-order valence-corrected chi connectivity index (χ4v) is 3.41. The number of ether oxygens (including phenoxy) is 1. The number of benzene rings is 1. The number of fused-ring (bicyclic) bond motifs is 2. The number of carbonyl (C=O) groups excluding carboxylic acids is 3. The lowest BCUT2D eigenvalue weighted by molar-refractivity contribution is 0.0982. The molecular weight excluding hydrogens is 288 g/mol. The summed E-state index contributed by atoms with van der Waals surface area (Å²) in [7, 11) is 1.57. The Labute approximate surface area is 125 Å². The summed E-state index contributed by atoms with van der Waals surface area (Å²) in [5.41, 5.74) is 1.95. The number of Topliss-reactive ketones (excluding diaryl/α,β-unsaturated/α-hetero) is 1. The normalized spacial score (nSPS) is 13.0. The van der Waals surface area contributed by atoms with Crippen molar-refractivity contribution in [2.75, 3.05) is 7.11 Å². The van der Waals surface area contributed by atoms with Gasteiger partial charge in [-0.1, -0.05) is 6.07 Å². The van der Waals surface area contributed by atoms with Crippen LogP contribution in [0.4, 0.5) is 0 Å². The average molecular weight is 300 g/mol. The molecule has 106 valence electrons. The first-order valence-corrected chi connectivity index (χ1v) is 7.20. The molecule has 0 saturated carbocycles. The first-order chi connectivity index (χ1) is 10.0. The molecule has 0 aliphatic heterocycles. The van der Waals surface area contributed by atoms with Crippen molar-refractivity contribution in [2.24, 2.45) is 0 Å². The molecule has 1 heterocycles. The minimum atomic E-state index is -0.202.